The van der Waals surface area contributed by atoms with Crippen LogP contribution >= 0.6 is 0 Å². The van der Waals surface area contributed by atoms with Gasteiger partial charge in [-0.15, -0.1) is 0 Å². The molecule has 0 aliphatic rings. The Bertz CT molecular complexity index is 128. The van der Waals surface area contributed by atoms with Gasteiger partial charge >= 0.3 is 0 Å². The van der Waals surface area contributed by atoms with E-state index in [4.69, 9.17) is 10.8 Å². The van der Waals surface area contributed by atoms with Crippen LogP contribution in [0.4, 0.5) is 0 Å². The van der Waals surface area contributed by atoms with Gasteiger partial charge in [-0.25, -0.2) is 0 Å². The standard InChI is InChI=1S/C7H17NO2S/c1-6(9)5-11(10)7(2)3-4-8/h6-7,9H,3-5,8H2,1-2H3. The second-order valence-corrected chi connectivity index (χ2v) is 4.68. The predicted octanol–water partition coefficient (Wildman–Crippen LogP) is -0.147. The lowest BCUT2D eigenvalue weighted by atomic mass is 10.3. The number of hydrogen-bond acceptors (Lipinski definition) is 3. The lowest BCUT2D eigenvalue weighted by Gasteiger charge is -2.10. The second-order valence-electron chi connectivity index (χ2n) is 2.78. The van der Waals surface area contributed by atoms with Crippen molar-refractivity contribution in [2.75, 3.05) is 12.3 Å². The first kappa shape index (κ1) is 11.1. The SMILES string of the molecule is CC(O)CS(=O)C(C)CCN. The lowest BCUT2D eigenvalue weighted by molar-refractivity contribution is 0.219. The van der Waals surface area contributed by atoms with Crippen LogP contribution in [0.5, 0.6) is 0 Å². The molecule has 0 aromatic rings. The Morgan fingerprint density at radius 1 is 1.55 bits per heavy atom. The number of nitrogens with two attached hydrogens (primary N) is 1. The monoisotopic (exact) mass is 179 g/mol. The van der Waals surface area contributed by atoms with Gasteiger partial charge in [-0.3, -0.25) is 4.21 Å². The summed E-state index contributed by atoms with van der Waals surface area (Å²) in [6, 6.07) is 0. The van der Waals surface area contributed by atoms with Crippen LogP contribution in [0.15, 0.2) is 0 Å². The predicted molar refractivity (Wildman–Crippen MR) is 47.8 cm³/mol. The van der Waals surface area contributed by atoms with Crippen molar-refractivity contribution in [1.29, 1.82) is 0 Å². The highest BCUT2D eigenvalue weighted by Crippen LogP contribution is 2.01. The van der Waals surface area contributed by atoms with Gasteiger partial charge in [0.25, 0.3) is 0 Å². The van der Waals surface area contributed by atoms with Gasteiger partial charge in [0.2, 0.25) is 0 Å². The highest BCUT2D eigenvalue weighted by Gasteiger charge is 2.11. The molecular formula is C7H17NO2S. The molecule has 3 nitrogen and oxygen atoms in total. The maximum Gasteiger partial charge on any atom is 0.0627 e. The zero-order valence-corrected chi connectivity index (χ0v) is 7.93. The van der Waals surface area contributed by atoms with E-state index >= 15 is 0 Å². The minimum atomic E-state index is -0.925. The molecule has 0 aliphatic carbocycles. The molecule has 11 heavy (non-hydrogen) atoms. The lowest BCUT2D eigenvalue weighted by Crippen LogP contribution is -2.23. The molecule has 0 bridgehead atoms. The number of rotatable bonds is 5. The molecule has 3 atom stereocenters. The highest BCUT2D eigenvalue weighted by molar-refractivity contribution is 7.85. The molecule has 0 amide bonds. The van der Waals surface area contributed by atoms with Crippen LogP contribution in [-0.4, -0.2) is 33.0 Å². The van der Waals surface area contributed by atoms with Gasteiger partial charge in [0.05, 0.1) is 6.10 Å². The number of aliphatic hydroxyl groups excluding tert-OH is 1. The van der Waals surface area contributed by atoms with E-state index in [1.54, 1.807) is 6.92 Å². The van der Waals surface area contributed by atoms with Gasteiger partial charge < -0.3 is 10.8 Å². The molecular weight excluding hydrogens is 162 g/mol. The van der Waals surface area contributed by atoms with E-state index in [-0.39, 0.29) is 5.25 Å². The third-order valence-corrected chi connectivity index (χ3v) is 3.37. The molecule has 0 spiro atoms. The normalized spacial score (nSPS) is 19.3. The maximum atomic E-state index is 11.2. The van der Waals surface area contributed by atoms with Crippen LogP contribution in [-0.2, 0) is 10.8 Å². The van der Waals surface area contributed by atoms with Gasteiger partial charge in [0.15, 0.2) is 0 Å². The Labute approximate surface area is 70.4 Å². The minimum absolute atomic E-state index is 0.106. The fraction of sp³-hybridized carbons (Fsp3) is 1.00. The van der Waals surface area contributed by atoms with E-state index in [0.717, 1.165) is 6.42 Å². The Hall–Kier alpha value is 0.0700. The van der Waals surface area contributed by atoms with E-state index in [9.17, 15) is 4.21 Å². The average Bonchev–Trinajstić information content (AvgIpc) is 1.86. The van der Waals surface area contributed by atoms with E-state index in [1.807, 2.05) is 6.92 Å². The maximum absolute atomic E-state index is 11.2. The summed E-state index contributed by atoms with van der Waals surface area (Å²) in [5.41, 5.74) is 5.30. The van der Waals surface area contributed by atoms with Crippen molar-refractivity contribution in [2.45, 2.75) is 31.6 Å². The fourth-order valence-corrected chi connectivity index (χ4v) is 1.97. The summed E-state index contributed by atoms with van der Waals surface area (Å²) in [7, 11) is -0.925. The molecule has 0 aliphatic heterocycles. The summed E-state index contributed by atoms with van der Waals surface area (Å²) in [5, 5.41) is 9.02. The Morgan fingerprint density at radius 2 is 2.09 bits per heavy atom. The third kappa shape index (κ3) is 5.35. The Balaban J connectivity index is 3.64. The van der Waals surface area contributed by atoms with Crippen molar-refractivity contribution < 1.29 is 9.32 Å². The molecule has 4 heteroatoms. The van der Waals surface area contributed by atoms with E-state index in [0.29, 0.717) is 12.3 Å². The number of aliphatic hydroxyl groups is 1. The average molecular weight is 179 g/mol. The Kier molecular flexibility index (Phi) is 5.72. The molecule has 0 aromatic heterocycles. The van der Waals surface area contributed by atoms with Gasteiger partial charge in [-0.05, 0) is 19.9 Å². The Morgan fingerprint density at radius 3 is 2.45 bits per heavy atom. The highest BCUT2D eigenvalue weighted by atomic mass is 32.2. The van der Waals surface area contributed by atoms with Crippen LogP contribution in [0.2, 0.25) is 0 Å². The van der Waals surface area contributed by atoms with Crippen LogP contribution in [0.3, 0.4) is 0 Å². The quantitative estimate of drug-likeness (QED) is 0.617. The first-order chi connectivity index (χ1) is 5.07. The van der Waals surface area contributed by atoms with Crippen molar-refractivity contribution in [3.05, 3.63) is 0 Å². The van der Waals surface area contributed by atoms with Crippen molar-refractivity contribution in [2.24, 2.45) is 5.73 Å². The van der Waals surface area contributed by atoms with Crippen molar-refractivity contribution in [1.82, 2.24) is 0 Å². The molecule has 0 radical (unpaired) electrons. The molecule has 0 saturated heterocycles. The summed E-state index contributed by atoms with van der Waals surface area (Å²) in [6.45, 7) is 4.10. The largest absolute Gasteiger partial charge is 0.392 e. The van der Waals surface area contributed by atoms with Gasteiger partial charge in [0, 0.05) is 21.8 Å². The number of hydrogen-bond donors (Lipinski definition) is 2. The molecule has 68 valence electrons. The molecule has 0 saturated carbocycles. The first-order valence-electron chi connectivity index (χ1n) is 3.83. The summed E-state index contributed by atoms with van der Waals surface area (Å²) < 4.78 is 11.2. The topological polar surface area (TPSA) is 63.3 Å². The van der Waals surface area contributed by atoms with Crippen molar-refractivity contribution in [3.8, 4) is 0 Å². The van der Waals surface area contributed by atoms with Crippen LogP contribution in [0.25, 0.3) is 0 Å². The van der Waals surface area contributed by atoms with E-state index < -0.39 is 16.9 Å². The minimum Gasteiger partial charge on any atom is -0.392 e. The smallest absolute Gasteiger partial charge is 0.0627 e. The summed E-state index contributed by atoms with van der Waals surface area (Å²) in [6.07, 6.45) is 0.287. The molecule has 0 heterocycles. The summed E-state index contributed by atoms with van der Waals surface area (Å²) >= 11 is 0. The summed E-state index contributed by atoms with van der Waals surface area (Å²) in [4.78, 5) is 0. The summed E-state index contributed by atoms with van der Waals surface area (Å²) in [5.74, 6) is 0.362. The van der Waals surface area contributed by atoms with Crippen LogP contribution in [0, 0.1) is 0 Å². The van der Waals surface area contributed by atoms with Crippen LogP contribution < -0.4 is 5.73 Å². The zero-order valence-electron chi connectivity index (χ0n) is 7.12. The van der Waals surface area contributed by atoms with Gasteiger partial charge in [-0.2, -0.15) is 0 Å². The molecule has 0 aromatic carbocycles. The molecule has 0 rings (SSSR count). The van der Waals surface area contributed by atoms with Gasteiger partial charge in [-0.1, -0.05) is 6.92 Å². The third-order valence-electron chi connectivity index (χ3n) is 1.43. The fourth-order valence-electron chi connectivity index (χ4n) is 0.768. The molecule has 3 unspecified atom stereocenters. The van der Waals surface area contributed by atoms with Crippen molar-refractivity contribution in [3.63, 3.8) is 0 Å². The molecule has 3 N–H and O–H groups in total. The van der Waals surface area contributed by atoms with Crippen molar-refractivity contribution >= 4 is 10.8 Å². The first-order valence-corrected chi connectivity index (χ1v) is 5.21. The van der Waals surface area contributed by atoms with Gasteiger partial charge in [0.1, 0.15) is 0 Å². The van der Waals surface area contributed by atoms with E-state index in [1.165, 1.54) is 0 Å². The van der Waals surface area contributed by atoms with Crippen LogP contribution in [0.1, 0.15) is 20.3 Å². The molecule has 0 fully saturated rings. The van der Waals surface area contributed by atoms with E-state index in [2.05, 4.69) is 0 Å². The second kappa shape index (κ2) is 5.69. The zero-order chi connectivity index (χ0) is 8.85.